The van der Waals surface area contributed by atoms with Gasteiger partial charge < -0.3 is 15.0 Å². The number of hydrogen-bond donors (Lipinski definition) is 1. The summed E-state index contributed by atoms with van der Waals surface area (Å²) in [5.41, 5.74) is -0.0113. The van der Waals surface area contributed by atoms with E-state index in [4.69, 9.17) is 4.74 Å². The summed E-state index contributed by atoms with van der Waals surface area (Å²) in [4.78, 5) is 13.5. The lowest BCUT2D eigenvalue weighted by molar-refractivity contribution is 0.0198. The summed E-state index contributed by atoms with van der Waals surface area (Å²) in [5, 5.41) is 3.38. The van der Waals surface area contributed by atoms with E-state index in [0.717, 1.165) is 32.5 Å². The van der Waals surface area contributed by atoms with E-state index in [-0.39, 0.29) is 11.7 Å². The smallest absolute Gasteiger partial charge is 0.410 e. The van der Waals surface area contributed by atoms with Gasteiger partial charge in [0, 0.05) is 25.2 Å². The van der Waals surface area contributed by atoms with Gasteiger partial charge in [-0.2, -0.15) is 0 Å². The van der Waals surface area contributed by atoms with Crippen molar-refractivity contribution in [3.05, 3.63) is 0 Å². The van der Waals surface area contributed by atoms with Gasteiger partial charge in [-0.25, -0.2) is 4.79 Å². The van der Waals surface area contributed by atoms with Crippen LogP contribution in [-0.2, 0) is 4.74 Å². The summed E-state index contributed by atoms with van der Waals surface area (Å²) in [6, 6.07) is 0. The molecule has 0 aliphatic carbocycles. The topological polar surface area (TPSA) is 51.5 Å². The molecule has 1 spiro atoms. The first-order valence-corrected chi connectivity index (χ1v) is 5.63. The Morgan fingerprint density at radius 1 is 1.33 bits per heavy atom. The zero-order valence-corrected chi connectivity index (χ0v) is 9.80. The molecular weight excluding hydrogens is 192 g/mol. The van der Waals surface area contributed by atoms with Crippen LogP contribution in [0.1, 0.15) is 33.6 Å². The zero-order valence-electron chi connectivity index (χ0n) is 9.80. The summed E-state index contributed by atoms with van der Waals surface area (Å²) in [6.45, 7) is 8.47. The molecule has 4 heteroatoms. The largest absolute Gasteiger partial charge is 0.444 e. The number of amides is 1. The molecule has 15 heavy (non-hydrogen) atoms. The van der Waals surface area contributed by atoms with Crippen LogP contribution in [0, 0.1) is 0 Å². The van der Waals surface area contributed by atoms with Gasteiger partial charge in [0.05, 0.1) is 0 Å². The molecule has 0 unspecified atom stereocenters. The molecule has 0 radical (unpaired) electrons. The van der Waals surface area contributed by atoms with Crippen molar-refractivity contribution in [1.82, 2.24) is 10.2 Å². The summed E-state index contributed by atoms with van der Waals surface area (Å²) in [7, 11) is 0. The maximum atomic E-state index is 11.7. The van der Waals surface area contributed by atoms with E-state index < -0.39 is 0 Å². The molecule has 0 bridgehead atoms. The molecule has 2 aliphatic rings. The SMILES string of the molecule is CC(C)(C)OC(=O)N1CCC2(CC1)CN2. The highest BCUT2D eigenvalue weighted by Gasteiger charge is 2.45. The Hall–Kier alpha value is -0.770. The van der Waals surface area contributed by atoms with Crippen molar-refractivity contribution in [2.45, 2.75) is 44.8 Å². The van der Waals surface area contributed by atoms with Crippen LogP contribution >= 0.6 is 0 Å². The molecule has 0 atom stereocenters. The van der Waals surface area contributed by atoms with Gasteiger partial charge in [-0.3, -0.25) is 0 Å². The van der Waals surface area contributed by atoms with Gasteiger partial charge in [0.1, 0.15) is 5.60 Å². The molecule has 2 rings (SSSR count). The summed E-state index contributed by atoms with van der Waals surface area (Å²) in [6.07, 6.45) is 1.95. The van der Waals surface area contributed by atoms with Crippen LogP contribution in [0.3, 0.4) is 0 Å². The second-order valence-corrected chi connectivity index (χ2v) is 5.60. The number of nitrogens with one attached hydrogen (secondary N) is 1. The van der Waals surface area contributed by atoms with Crippen LogP contribution in [0.2, 0.25) is 0 Å². The lowest BCUT2D eigenvalue weighted by atomic mass is 9.97. The van der Waals surface area contributed by atoms with Crippen molar-refractivity contribution >= 4 is 6.09 Å². The van der Waals surface area contributed by atoms with E-state index in [1.165, 1.54) is 0 Å². The van der Waals surface area contributed by atoms with Crippen LogP contribution in [0.4, 0.5) is 4.79 Å². The Kier molecular flexibility index (Phi) is 2.41. The number of carbonyl (C=O) groups excluding carboxylic acids is 1. The predicted molar refractivity (Wildman–Crippen MR) is 57.8 cm³/mol. The highest BCUT2D eigenvalue weighted by atomic mass is 16.6. The molecule has 4 nitrogen and oxygen atoms in total. The highest BCUT2D eigenvalue weighted by Crippen LogP contribution is 2.30. The minimum Gasteiger partial charge on any atom is -0.444 e. The van der Waals surface area contributed by atoms with Gasteiger partial charge in [0.25, 0.3) is 0 Å². The normalized spacial score (nSPS) is 24.1. The molecule has 2 heterocycles. The number of piperidine rings is 1. The van der Waals surface area contributed by atoms with Crippen molar-refractivity contribution in [2.75, 3.05) is 19.6 Å². The Bertz CT molecular complexity index is 256. The number of hydrogen-bond acceptors (Lipinski definition) is 3. The third-order valence-electron chi connectivity index (χ3n) is 3.05. The maximum absolute atomic E-state index is 11.7. The quantitative estimate of drug-likeness (QED) is 0.617. The average Bonchev–Trinajstić information content (AvgIpc) is 2.83. The lowest BCUT2D eigenvalue weighted by Crippen LogP contribution is -2.44. The van der Waals surface area contributed by atoms with Gasteiger partial charge in [-0.1, -0.05) is 0 Å². The number of likely N-dealkylation sites (tertiary alicyclic amines) is 1. The average molecular weight is 212 g/mol. The Morgan fingerprint density at radius 3 is 2.27 bits per heavy atom. The highest BCUT2D eigenvalue weighted by molar-refractivity contribution is 5.68. The minimum absolute atomic E-state index is 0.169. The molecule has 86 valence electrons. The van der Waals surface area contributed by atoms with E-state index in [9.17, 15) is 4.79 Å². The first kappa shape index (κ1) is 10.7. The van der Waals surface area contributed by atoms with Crippen LogP contribution in [-0.4, -0.2) is 41.8 Å². The van der Waals surface area contributed by atoms with Gasteiger partial charge in [0.2, 0.25) is 0 Å². The molecular formula is C11H20N2O2. The molecule has 0 aromatic carbocycles. The molecule has 2 saturated heterocycles. The number of carbonyl (C=O) groups is 1. The van der Waals surface area contributed by atoms with Gasteiger partial charge in [-0.15, -0.1) is 0 Å². The van der Waals surface area contributed by atoms with Crippen molar-refractivity contribution in [3.63, 3.8) is 0 Å². The fraction of sp³-hybridized carbons (Fsp3) is 0.909. The fourth-order valence-electron chi connectivity index (χ4n) is 1.92. The van der Waals surface area contributed by atoms with Crippen LogP contribution in [0.25, 0.3) is 0 Å². The first-order valence-electron chi connectivity index (χ1n) is 5.63. The second kappa shape index (κ2) is 3.37. The molecule has 0 aromatic heterocycles. The standard InChI is InChI=1S/C11H20N2O2/c1-10(2,3)15-9(14)13-6-4-11(5-7-13)8-12-11/h12H,4-8H2,1-3H3. The molecule has 1 amide bonds. The van der Waals surface area contributed by atoms with E-state index >= 15 is 0 Å². The van der Waals surface area contributed by atoms with Gasteiger partial charge in [0.15, 0.2) is 0 Å². The van der Waals surface area contributed by atoms with Crippen molar-refractivity contribution in [2.24, 2.45) is 0 Å². The van der Waals surface area contributed by atoms with E-state index in [2.05, 4.69) is 5.32 Å². The number of nitrogens with zero attached hydrogens (tertiary/aromatic N) is 1. The van der Waals surface area contributed by atoms with E-state index in [1.807, 2.05) is 25.7 Å². The summed E-state index contributed by atoms with van der Waals surface area (Å²) < 4.78 is 5.33. The lowest BCUT2D eigenvalue weighted by Gasteiger charge is -2.32. The molecule has 2 fully saturated rings. The van der Waals surface area contributed by atoms with E-state index in [1.54, 1.807) is 0 Å². The first-order chi connectivity index (χ1) is 6.90. The Balaban J connectivity index is 1.82. The van der Waals surface area contributed by atoms with Crippen LogP contribution in [0.15, 0.2) is 0 Å². The summed E-state index contributed by atoms with van der Waals surface area (Å²) >= 11 is 0. The zero-order chi connectivity index (χ0) is 11.1. The third kappa shape index (κ3) is 2.62. The van der Waals surface area contributed by atoms with Crippen molar-refractivity contribution in [1.29, 1.82) is 0 Å². The monoisotopic (exact) mass is 212 g/mol. The van der Waals surface area contributed by atoms with Crippen molar-refractivity contribution < 1.29 is 9.53 Å². The molecule has 2 aliphatic heterocycles. The number of ether oxygens (including phenoxy) is 1. The summed E-state index contributed by atoms with van der Waals surface area (Å²) in [5.74, 6) is 0. The Labute approximate surface area is 91.0 Å². The minimum atomic E-state index is -0.385. The van der Waals surface area contributed by atoms with Crippen LogP contribution < -0.4 is 5.32 Å². The third-order valence-corrected chi connectivity index (χ3v) is 3.05. The fourth-order valence-corrected chi connectivity index (χ4v) is 1.92. The maximum Gasteiger partial charge on any atom is 0.410 e. The number of rotatable bonds is 0. The second-order valence-electron chi connectivity index (χ2n) is 5.60. The Morgan fingerprint density at radius 2 is 1.87 bits per heavy atom. The molecule has 0 saturated carbocycles. The predicted octanol–water partition coefficient (Wildman–Crippen LogP) is 1.36. The van der Waals surface area contributed by atoms with Gasteiger partial charge >= 0.3 is 6.09 Å². The molecule has 0 aromatic rings. The van der Waals surface area contributed by atoms with Crippen molar-refractivity contribution in [3.8, 4) is 0 Å². The van der Waals surface area contributed by atoms with E-state index in [0.29, 0.717) is 5.54 Å². The molecule has 1 N–H and O–H groups in total. The van der Waals surface area contributed by atoms with Gasteiger partial charge in [-0.05, 0) is 33.6 Å². The van der Waals surface area contributed by atoms with Crippen LogP contribution in [0.5, 0.6) is 0 Å².